The van der Waals surface area contributed by atoms with Crippen LogP contribution in [-0.2, 0) is 9.53 Å². The van der Waals surface area contributed by atoms with E-state index in [1.807, 2.05) is 0 Å². The van der Waals surface area contributed by atoms with Crippen molar-refractivity contribution in [3.05, 3.63) is 0 Å². The van der Waals surface area contributed by atoms with Crippen LogP contribution in [0.2, 0.25) is 0 Å². The Morgan fingerprint density at radius 3 is 2.86 bits per heavy atom. The monoisotopic (exact) mass is 254 g/mol. The molecular formula is C9H9Cl3O2. The van der Waals surface area contributed by atoms with Crippen molar-refractivity contribution >= 4 is 40.8 Å². The van der Waals surface area contributed by atoms with Gasteiger partial charge in [-0.05, 0) is 0 Å². The molecule has 0 spiro atoms. The van der Waals surface area contributed by atoms with Gasteiger partial charge in [0.1, 0.15) is 6.61 Å². The second-order valence-corrected chi connectivity index (χ2v) is 5.05. The first-order chi connectivity index (χ1) is 6.52. The van der Waals surface area contributed by atoms with Gasteiger partial charge in [-0.25, -0.2) is 4.79 Å². The van der Waals surface area contributed by atoms with Crippen molar-refractivity contribution in [3.8, 4) is 11.8 Å². The fourth-order valence-electron chi connectivity index (χ4n) is 1.01. The van der Waals surface area contributed by atoms with Crippen molar-refractivity contribution in [1.29, 1.82) is 0 Å². The molecule has 0 aromatic heterocycles. The van der Waals surface area contributed by atoms with Gasteiger partial charge in [0.15, 0.2) is 0 Å². The highest BCUT2D eigenvalue weighted by molar-refractivity contribution is 6.57. The molecule has 5 heteroatoms. The molecule has 0 saturated heterocycles. The number of hydrogen-bond acceptors (Lipinski definition) is 2. The molecule has 0 bridgehead atoms. The first kappa shape index (κ1) is 12.0. The van der Waals surface area contributed by atoms with Crippen LogP contribution in [0.15, 0.2) is 0 Å². The van der Waals surface area contributed by atoms with Crippen molar-refractivity contribution in [3.63, 3.8) is 0 Å². The molecule has 0 fully saturated rings. The maximum absolute atomic E-state index is 11.3. The molecule has 1 aliphatic heterocycles. The lowest BCUT2D eigenvalue weighted by atomic mass is 10.1. The predicted molar refractivity (Wildman–Crippen MR) is 56.7 cm³/mol. The summed E-state index contributed by atoms with van der Waals surface area (Å²) in [6, 6.07) is 0. The maximum atomic E-state index is 11.3. The minimum Gasteiger partial charge on any atom is -0.462 e. The molecule has 0 saturated carbocycles. The largest absolute Gasteiger partial charge is 0.462 e. The van der Waals surface area contributed by atoms with Gasteiger partial charge in [-0.1, -0.05) is 29.1 Å². The normalized spacial score (nSPS) is 27.1. The van der Waals surface area contributed by atoms with Crippen molar-refractivity contribution in [2.24, 2.45) is 0 Å². The summed E-state index contributed by atoms with van der Waals surface area (Å²) in [5, 5.41) is -0.330. The molecule has 0 radical (unpaired) electrons. The number of cyclic esters (lactones) is 1. The Morgan fingerprint density at radius 2 is 2.14 bits per heavy atom. The molecule has 0 aromatic carbocycles. The van der Waals surface area contributed by atoms with E-state index in [2.05, 4.69) is 11.8 Å². The van der Waals surface area contributed by atoms with E-state index in [1.165, 1.54) is 0 Å². The number of rotatable bonds is 0. The van der Waals surface area contributed by atoms with Crippen molar-refractivity contribution in [1.82, 2.24) is 0 Å². The van der Waals surface area contributed by atoms with E-state index < -0.39 is 10.3 Å². The molecule has 1 aliphatic rings. The van der Waals surface area contributed by atoms with Gasteiger partial charge in [0.2, 0.25) is 4.33 Å². The Labute approximate surface area is 97.8 Å². The minimum absolute atomic E-state index is 0.144. The number of carbonyl (C=O) groups is 1. The molecule has 0 aromatic rings. The highest BCUT2D eigenvalue weighted by Gasteiger charge is 2.37. The Balaban J connectivity index is 2.72. The molecule has 1 heterocycles. The van der Waals surface area contributed by atoms with Gasteiger partial charge in [-0.15, -0.1) is 17.5 Å². The number of esters is 1. The Morgan fingerprint density at radius 1 is 1.43 bits per heavy atom. The molecule has 14 heavy (non-hydrogen) atoms. The molecule has 0 amide bonds. The van der Waals surface area contributed by atoms with Gasteiger partial charge in [-0.2, -0.15) is 0 Å². The van der Waals surface area contributed by atoms with Crippen LogP contribution in [0.25, 0.3) is 0 Å². The highest BCUT2D eigenvalue weighted by atomic mass is 35.5. The Bertz CT molecular complexity index is 278. The average Bonchev–Trinajstić information content (AvgIpc) is 2.08. The second kappa shape index (κ2) is 5.11. The van der Waals surface area contributed by atoms with Crippen LogP contribution >= 0.6 is 34.8 Å². The molecular weight excluding hydrogens is 246 g/mol. The summed E-state index contributed by atoms with van der Waals surface area (Å²) in [5.41, 5.74) is 0. The average molecular weight is 256 g/mol. The number of carbonyl (C=O) groups excluding carboxylic acids is 1. The highest BCUT2D eigenvalue weighted by Crippen LogP contribution is 2.31. The number of alkyl halides is 3. The topological polar surface area (TPSA) is 26.3 Å². The minimum atomic E-state index is -1.55. The first-order valence-electron chi connectivity index (χ1n) is 4.17. The van der Waals surface area contributed by atoms with Gasteiger partial charge in [0.05, 0.1) is 0 Å². The molecule has 0 aliphatic carbocycles. The predicted octanol–water partition coefficient (Wildman–Crippen LogP) is 2.50. The standard InChI is InChI=1S/C9H9Cl3O2/c10-7-4-2-1-3-5-14-8(13)9(11,12)6-7/h7H,3-6H2. The molecule has 2 nitrogen and oxygen atoms in total. The maximum Gasteiger partial charge on any atom is 0.342 e. The molecule has 1 rings (SSSR count). The third kappa shape index (κ3) is 3.57. The molecule has 1 unspecified atom stereocenters. The first-order valence-corrected chi connectivity index (χ1v) is 5.36. The van der Waals surface area contributed by atoms with Crippen LogP contribution in [0.4, 0.5) is 0 Å². The van der Waals surface area contributed by atoms with E-state index in [9.17, 15) is 4.79 Å². The van der Waals surface area contributed by atoms with Crippen LogP contribution in [0, 0.1) is 11.8 Å². The van der Waals surface area contributed by atoms with E-state index in [4.69, 9.17) is 39.5 Å². The van der Waals surface area contributed by atoms with Crippen molar-refractivity contribution < 1.29 is 9.53 Å². The summed E-state index contributed by atoms with van der Waals surface area (Å²) in [4.78, 5) is 11.3. The van der Waals surface area contributed by atoms with E-state index in [0.717, 1.165) is 0 Å². The van der Waals surface area contributed by atoms with Crippen LogP contribution in [0.5, 0.6) is 0 Å². The summed E-state index contributed by atoms with van der Waals surface area (Å²) in [5.74, 6) is 5.06. The van der Waals surface area contributed by atoms with Gasteiger partial charge >= 0.3 is 5.97 Å². The van der Waals surface area contributed by atoms with Crippen molar-refractivity contribution in [2.45, 2.75) is 29.0 Å². The third-order valence-electron chi connectivity index (χ3n) is 1.69. The number of halogens is 3. The van der Waals surface area contributed by atoms with E-state index >= 15 is 0 Å². The molecule has 78 valence electrons. The van der Waals surface area contributed by atoms with Crippen molar-refractivity contribution in [2.75, 3.05) is 6.61 Å². The summed E-state index contributed by atoms with van der Waals surface area (Å²) in [6.07, 6.45) is 1.11. The lowest BCUT2D eigenvalue weighted by Gasteiger charge is -2.20. The van der Waals surface area contributed by atoms with Crippen LogP contribution in [0.1, 0.15) is 19.3 Å². The van der Waals surface area contributed by atoms with E-state index in [1.54, 1.807) is 0 Å². The van der Waals surface area contributed by atoms with Crippen LogP contribution < -0.4 is 0 Å². The SMILES string of the molecule is O=C1OCCC#CCC(Cl)CC1(Cl)Cl. The van der Waals surface area contributed by atoms with E-state index in [0.29, 0.717) is 12.8 Å². The zero-order valence-electron chi connectivity index (χ0n) is 7.36. The summed E-state index contributed by atoms with van der Waals surface area (Å²) in [7, 11) is 0. The van der Waals surface area contributed by atoms with Gasteiger partial charge in [0, 0.05) is 24.6 Å². The van der Waals surface area contributed by atoms with Crippen LogP contribution in [-0.4, -0.2) is 22.3 Å². The lowest BCUT2D eigenvalue weighted by Crippen LogP contribution is -2.31. The lowest BCUT2D eigenvalue weighted by molar-refractivity contribution is -0.144. The van der Waals surface area contributed by atoms with Gasteiger partial charge in [0.25, 0.3) is 0 Å². The Hall–Kier alpha value is -0.100. The smallest absolute Gasteiger partial charge is 0.342 e. The fourth-order valence-corrected chi connectivity index (χ4v) is 1.95. The third-order valence-corrected chi connectivity index (χ3v) is 2.61. The number of hydrogen-bond donors (Lipinski definition) is 0. The van der Waals surface area contributed by atoms with E-state index in [-0.39, 0.29) is 18.4 Å². The number of ether oxygens (including phenoxy) is 1. The summed E-state index contributed by atoms with van der Waals surface area (Å²) >= 11 is 17.4. The van der Waals surface area contributed by atoms with Crippen LogP contribution in [0.3, 0.4) is 0 Å². The Kier molecular flexibility index (Phi) is 4.37. The zero-order chi connectivity index (χ0) is 10.6. The summed E-state index contributed by atoms with van der Waals surface area (Å²) < 4.78 is 3.27. The summed E-state index contributed by atoms with van der Waals surface area (Å²) in [6.45, 7) is 0.222. The molecule has 0 N–H and O–H groups in total. The zero-order valence-corrected chi connectivity index (χ0v) is 9.62. The quantitative estimate of drug-likeness (QED) is 0.378. The molecule has 1 atom stereocenters. The van der Waals surface area contributed by atoms with Gasteiger partial charge in [-0.3, -0.25) is 0 Å². The fraction of sp³-hybridized carbons (Fsp3) is 0.667. The second-order valence-electron chi connectivity index (χ2n) is 2.95. The van der Waals surface area contributed by atoms with Gasteiger partial charge < -0.3 is 4.74 Å².